The Morgan fingerprint density at radius 3 is 2.62 bits per heavy atom. The predicted octanol–water partition coefficient (Wildman–Crippen LogP) is 2.73. The Labute approximate surface area is 143 Å². The second kappa shape index (κ2) is 7.30. The average Bonchev–Trinajstić information content (AvgIpc) is 2.89. The summed E-state index contributed by atoms with van der Waals surface area (Å²) in [6, 6.07) is 5.13. The molecular weight excluding hydrogens is 310 g/mol. The van der Waals surface area contributed by atoms with Crippen molar-refractivity contribution in [3.8, 4) is 11.5 Å². The number of aromatic hydroxyl groups is 1. The van der Waals surface area contributed by atoms with Crippen molar-refractivity contribution in [1.82, 2.24) is 4.90 Å². The van der Waals surface area contributed by atoms with Crippen molar-refractivity contribution in [3.05, 3.63) is 23.8 Å². The normalized spacial score (nSPS) is 21.0. The van der Waals surface area contributed by atoms with Crippen molar-refractivity contribution in [2.45, 2.75) is 38.7 Å². The van der Waals surface area contributed by atoms with Crippen LogP contribution in [0.2, 0.25) is 0 Å². The minimum Gasteiger partial charge on any atom is -0.508 e. The fraction of sp³-hybridized carbons (Fsp3) is 0.611. The van der Waals surface area contributed by atoms with E-state index >= 15 is 0 Å². The van der Waals surface area contributed by atoms with Crippen LogP contribution in [0.4, 0.5) is 4.79 Å². The Kier molecular flexibility index (Phi) is 5.59. The van der Waals surface area contributed by atoms with Crippen LogP contribution >= 0.6 is 0 Å². The van der Waals surface area contributed by atoms with Gasteiger partial charge in [-0.3, -0.25) is 0 Å². The molecule has 1 aromatic carbocycles. The van der Waals surface area contributed by atoms with Gasteiger partial charge >= 0.3 is 6.09 Å². The largest absolute Gasteiger partial charge is 0.508 e. The first-order valence-corrected chi connectivity index (χ1v) is 8.21. The fourth-order valence-electron chi connectivity index (χ4n) is 3.22. The van der Waals surface area contributed by atoms with Gasteiger partial charge in [-0.25, -0.2) is 4.79 Å². The summed E-state index contributed by atoms with van der Waals surface area (Å²) < 4.78 is 10.8. The zero-order valence-electron chi connectivity index (χ0n) is 14.8. The molecule has 0 aliphatic carbocycles. The van der Waals surface area contributed by atoms with Gasteiger partial charge in [0.1, 0.15) is 17.1 Å². The SMILES string of the molecule is COc1cccc(O)c1[C@H]1CN(C(=O)OC(C)(C)C)C[C@@H]1CCO. The Morgan fingerprint density at radius 2 is 2.04 bits per heavy atom. The van der Waals surface area contributed by atoms with Crippen LogP contribution in [0.25, 0.3) is 0 Å². The van der Waals surface area contributed by atoms with Crippen LogP contribution < -0.4 is 4.74 Å². The molecule has 1 aromatic rings. The van der Waals surface area contributed by atoms with E-state index in [1.54, 1.807) is 30.2 Å². The fourth-order valence-corrected chi connectivity index (χ4v) is 3.22. The van der Waals surface area contributed by atoms with Gasteiger partial charge in [0.15, 0.2) is 0 Å². The molecule has 0 spiro atoms. The molecule has 1 amide bonds. The van der Waals surface area contributed by atoms with Crippen LogP contribution in [0.3, 0.4) is 0 Å². The number of ether oxygens (including phenoxy) is 2. The summed E-state index contributed by atoms with van der Waals surface area (Å²) in [5.74, 6) is 0.660. The average molecular weight is 337 g/mol. The molecular formula is C18H27NO5. The second-order valence-corrected chi connectivity index (χ2v) is 7.16. The third kappa shape index (κ3) is 4.12. The molecule has 0 unspecified atom stereocenters. The van der Waals surface area contributed by atoms with E-state index in [2.05, 4.69) is 0 Å². The van der Waals surface area contributed by atoms with Crippen LogP contribution in [-0.2, 0) is 4.74 Å². The number of carbonyl (C=O) groups is 1. The van der Waals surface area contributed by atoms with E-state index in [-0.39, 0.29) is 30.3 Å². The number of hydrogen-bond donors (Lipinski definition) is 2. The molecule has 2 rings (SSSR count). The highest BCUT2D eigenvalue weighted by Gasteiger charge is 2.39. The van der Waals surface area contributed by atoms with Crippen molar-refractivity contribution < 1.29 is 24.5 Å². The molecule has 1 fully saturated rings. The number of likely N-dealkylation sites (tertiary alicyclic amines) is 1. The number of carbonyl (C=O) groups excluding carboxylic acids is 1. The van der Waals surface area contributed by atoms with Crippen molar-refractivity contribution in [3.63, 3.8) is 0 Å². The lowest BCUT2D eigenvalue weighted by molar-refractivity contribution is 0.0284. The molecule has 6 heteroatoms. The van der Waals surface area contributed by atoms with Crippen molar-refractivity contribution in [1.29, 1.82) is 0 Å². The van der Waals surface area contributed by atoms with Crippen molar-refractivity contribution in [2.24, 2.45) is 5.92 Å². The minimum absolute atomic E-state index is 0.0270. The number of aliphatic hydroxyl groups excluding tert-OH is 1. The number of benzene rings is 1. The van der Waals surface area contributed by atoms with Crippen LogP contribution in [0.15, 0.2) is 18.2 Å². The summed E-state index contributed by atoms with van der Waals surface area (Å²) in [5, 5.41) is 19.7. The summed E-state index contributed by atoms with van der Waals surface area (Å²) in [5.41, 5.74) is 0.123. The zero-order valence-corrected chi connectivity index (χ0v) is 14.8. The number of hydrogen-bond acceptors (Lipinski definition) is 5. The lowest BCUT2D eigenvalue weighted by Gasteiger charge is -2.24. The smallest absolute Gasteiger partial charge is 0.410 e. The van der Waals surface area contributed by atoms with E-state index in [9.17, 15) is 15.0 Å². The first kappa shape index (κ1) is 18.4. The maximum absolute atomic E-state index is 12.4. The molecule has 6 nitrogen and oxygen atoms in total. The van der Waals surface area contributed by atoms with Crippen LogP contribution in [0, 0.1) is 5.92 Å². The van der Waals surface area contributed by atoms with Crippen molar-refractivity contribution >= 4 is 6.09 Å². The summed E-state index contributed by atoms with van der Waals surface area (Å²) in [7, 11) is 1.56. The Bertz CT molecular complexity index is 581. The molecule has 0 bridgehead atoms. The third-order valence-corrected chi connectivity index (χ3v) is 4.23. The highest BCUT2D eigenvalue weighted by Crippen LogP contribution is 2.43. The highest BCUT2D eigenvalue weighted by molar-refractivity contribution is 5.69. The van der Waals surface area contributed by atoms with E-state index in [1.807, 2.05) is 20.8 Å². The molecule has 0 saturated carbocycles. The number of rotatable bonds is 4. The molecule has 2 N–H and O–H groups in total. The van der Waals surface area contributed by atoms with E-state index in [1.165, 1.54) is 0 Å². The molecule has 1 saturated heterocycles. The molecule has 2 atom stereocenters. The lowest BCUT2D eigenvalue weighted by atomic mass is 9.86. The molecule has 0 aromatic heterocycles. The van der Waals surface area contributed by atoms with Gasteiger partial charge < -0.3 is 24.6 Å². The van der Waals surface area contributed by atoms with Crippen LogP contribution in [0.1, 0.15) is 38.7 Å². The van der Waals surface area contributed by atoms with Gasteiger partial charge in [-0.1, -0.05) is 6.07 Å². The van der Waals surface area contributed by atoms with Gasteiger partial charge in [0.05, 0.1) is 7.11 Å². The Hall–Kier alpha value is -1.95. The van der Waals surface area contributed by atoms with Gasteiger partial charge in [0.2, 0.25) is 0 Å². The van der Waals surface area contributed by atoms with Crippen LogP contribution in [-0.4, -0.2) is 53.6 Å². The van der Waals surface area contributed by atoms with Gasteiger partial charge in [0, 0.05) is 31.2 Å². The summed E-state index contributed by atoms with van der Waals surface area (Å²) >= 11 is 0. The van der Waals surface area contributed by atoms with Gasteiger partial charge in [-0.15, -0.1) is 0 Å². The number of amides is 1. The van der Waals surface area contributed by atoms with E-state index < -0.39 is 5.60 Å². The molecule has 1 heterocycles. The summed E-state index contributed by atoms with van der Waals surface area (Å²) in [6.07, 6.45) is 0.170. The number of methoxy groups -OCH3 is 1. The lowest BCUT2D eigenvalue weighted by Crippen LogP contribution is -2.35. The van der Waals surface area contributed by atoms with E-state index in [0.29, 0.717) is 30.8 Å². The molecule has 1 aliphatic rings. The number of phenols is 1. The minimum atomic E-state index is -0.561. The van der Waals surface area contributed by atoms with Crippen LogP contribution in [0.5, 0.6) is 11.5 Å². The maximum Gasteiger partial charge on any atom is 0.410 e. The maximum atomic E-state index is 12.4. The number of phenolic OH excluding ortho intramolecular Hbond substituents is 1. The van der Waals surface area contributed by atoms with E-state index in [0.717, 1.165) is 0 Å². The van der Waals surface area contributed by atoms with E-state index in [4.69, 9.17) is 9.47 Å². The first-order chi connectivity index (χ1) is 11.3. The van der Waals surface area contributed by atoms with Gasteiger partial charge in [-0.2, -0.15) is 0 Å². The Morgan fingerprint density at radius 1 is 1.33 bits per heavy atom. The quantitative estimate of drug-likeness (QED) is 0.883. The molecule has 134 valence electrons. The number of aliphatic hydroxyl groups is 1. The summed E-state index contributed by atoms with van der Waals surface area (Å²) in [6.45, 7) is 6.42. The zero-order chi connectivity index (χ0) is 17.9. The first-order valence-electron chi connectivity index (χ1n) is 8.21. The predicted molar refractivity (Wildman–Crippen MR) is 90.4 cm³/mol. The number of nitrogens with zero attached hydrogens (tertiary/aromatic N) is 1. The highest BCUT2D eigenvalue weighted by atomic mass is 16.6. The topological polar surface area (TPSA) is 79.2 Å². The van der Waals surface area contributed by atoms with Gasteiger partial charge in [0.25, 0.3) is 0 Å². The molecule has 24 heavy (non-hydrogen) atoms. The monoisotopic (exact) mass is 337 g/mol. The molecule has 0 radical (unpaired) electrons. The Balaban J connectivity index is 2.27. The standard InChI is InChI=1S/C18H27NO5/c1-18(2,3)24-17(22)19-10-12(8-9-20)13(11-19)16-14(21)6-5-7-15(16)23-4/h5-7,12-13,20-21H,8-11H2,1-4H3/t12-,13-/m0/s1. The molecule has 1 aliphatic heterocycles. The summed E-state index contributed by atoms with van der Waals surface area (Å²) in [4.78, 5) is 14.0. The third-order valence-electron chi connectivity index (χ3n) is 4.23. The van der Waals surface area contributed by atoms with Crippen molar-refractivity contribution in [2.75, 3.05) is 26.8 Å². The second-order valence-electron chi connectivity index (χ2n) is 7.16. The van der Waals surface area contributed by atoms with Gasteiger partial charge in [-0.05, 0) is 45.2 Å².